The van der Waals surface area contributed by atoms with Gasteiger partial charge >= 0.3 is 11.6 Å². The molecule has 4 nitrogen and oxygen atoms in total. The highest BCUT2D eigenvalue weighted by Crippen LogP contribution is 2.15. The van der Waals surface area contributed by atoms with Crippen molar-refractivity contribution in [3.63, 3.8) is 0 Å². The van der Waals surface area contributed by atoms with E-state index < -0.39 is 11.6 Å². The number of ether oxygens (including phenoxy) is 1. The van der Waals surface area contributed by atoms with Crippen molar-refractivity contribution in [3.8, 4) is 0 Å². The van der Waals surface area contributed by atoms with Gasteiger partial charge in [0.1, 0.15) is 17.8 Å². The van der Waals surface area contributed by atoms with Gasteiger partial charge in [0.25, 0.3) is 0 Å². The summed E-state index contributed by atoms with van der Waals surface area (Å²) in [5, 5.41) is 1.22. The Hall–Kier alpha value is -2.59. The summed E-state index contributed by atoms with van der Waals surface area (Å²) in [5.74, 6) is -0.723. The molecule has 0 atom stereocenters. The topological polar surface area (TPSA) is 56.5 Å². The molecule has 2 aromatic carbocycles. The third kappa shape index (κ3) is 3.02. The molecule has 0 aliphatic heterocycles. The maximum Gasteiger partial charge on any atom is 0.351 e. The van der Waals surface area contributed by atoms with Gasteiger partial charge in [-0.1, -0.05) is 41.9 Å². The molecule has 5 heteroatoms. The highest BCUT2D eigenvalue weighted by Gasteiger charge is 2.15. The Labute approximate surface area is 130 Å². The number of halogens is 1. The highest BCUT2D eigenvalue weighted by atomic mass is 35.5. The summed E-state index contributed by atoms with van der Waals surface area (Å²) in [6.07, 6.45) is 0. The molecule has 0 aliphatic rings. The Bertz CT molecular complexity index is 898. The Balaban J connectivity index is 1.83. The zero-order valence-electron chi connectivity index (χ0n) is 11.4. The van der Waals surface area contributed by atoms with Crippen LogP contribution in [0, 0.1) is 0 Å². The molecular weight excluding hydrogens is 304 g/mol. The molecule has 22 heavy (non-hydrogen) atoms. The molecule has 1 aromatic heterocycles. The quantitative estimate of drug-likeness (QED) is 0.545. The van der Waals surface area contributed by atoms with Crippen molar-refractivity contribution < 1.29 is 13.9 Å². The summed E-state index contributed by atoms with van der Waals surface area (Å²) in [7, 11) is 0. The molecule has 0 amide bonds. The first kappa shape index (κ1) is 14.4. The number of fused-ring (bicyclic) bond motifs is 1. The van der Waals surface area contributed by atoms with Gasteiger partial charge in [-0.15, -0.1) is 0 Å². The van der Waals surface area contributed by atoms with Crippen molar-refractivity contribution in [2.75, 3.05) is 0 Å². The van der Waals surface area contributed by atoms with Gasteiger partial charge in [-0.05, 0) is 29.8 Å². The van der Waals surface area contributed by atoms with E-state index in [1.807, 2.05) is 0 Å². The van der Waals surface area contributed by atoms with Crippen LogP contribution in [-0.2, 0) is 11.3 Å². The van der Waals surface area contributed by atoms with Gasteiger partial charge in [-0.25, -0.2) is 9.59 Å². The molecule has 3 rings (SSSR count). The minimum atomic E-state index is -0.723. The second-order valence-corrected chi connectivity index (χ2v) is 5.13. The normalized spacial score (nSPS) is 10.6. The largest absolute Gasteiger partial charge is 0.457 e. The first-order valence-corrected chi connectivity index (χ1v) is 6.96. The van der Waals surface area contributed by atoms with Crippen LogP contribution >= 0.6 is 11.6 Å². The third-order valence-electron chi connectivity index (χ3n) is 3.12. The highest BCUT2D eigenvalue weighted by molar-refractivity contribution is 6.30. The number of para-hydroxylation sites is 1. The summed E-state index contributed by atoms with van der Waals surface area (Å²) in [6.45, 7) is 0.0334. The van der Waals surface area contributed by atoms with Gasteiger partial charge in [0.2, 0.25) is 0 Å². The number of hydrogen-bond donors (Lipinski definition) is 0. The fourth-order valence-electron chi connectivity index (χ4n) is 2.06. The Kier molecular flexibility index (Phi) is 3.94. The number of rotatable bonds is 3. The van der Waals surface area contributed by atoms with Gasteiger partial charge < -0.3 is 9.15 Å². The maximum absolute atomic E-state index is 12.1. The number of esters is 1. The van der Waals surface area contributed by atoms with E-state index in [4.69, 9.17) is 20.8 Å². The minimum Gasteiger partial charge on any atom is -0.457 e. The smallest absolute Gasteiger partial charge is 0.351 e. The SMILES string of the molecule is O=C(OCc1cccc(Cl)c1)c1cc2ccccc2oc1=O. The molecule has 0 bridgehead atoms. The van der Waals surface area contributed by atoms with Crippen LogP contribution in [0.4, 0.5) is 0 Å². The van der Waals surface area contributed by atoms with Gasteiger partial charge in [0.15, 0.2) is 0 Å². The molecular formula is C17H11ClO4. The summed E-state index contributed by atoms with van der Waals surface area (Å²) >= 11 is 5.86. The fourth-order valence-corrected chi connectivity index (χ4v) is 2.27. The summed E-state index contributed by atoms with van der Waals surface area (Å²) < 4.78 is 10.2. The van der Waals surface area contributed by atoms with E-state index in [1.165, 1.54) is 6.07 Å². The first-order valence-electron chi connectivity index (χ1n) is 6.58. The van der Waals surface area contributed by atoms with Gasteiger partial charge in [-0.3, -0.25) is 0 Å². The first-order chi connectivity index (χ1) is 10.6. The van der Waals surface area contributed by atoms with Crippen LogP contribution in [0.1, 0.15) is 15.9 Å². The zero-order chi connectivity index (χ0) is 15.5. The van der Waals surface area contributed by atoms with E-state index in [-0.39, 0.29) is 12.2 Å². The molecule has 3 aromatic rings. The molecule has 0 N–H and O–H groups in total. The average Bonchev–Trinajstić information content (AvgIpc) is 2.52. The van der Waals surface area contributed by atoms with Gasteiger partial charge in [0.05, 0.1) is 0 Å². The van der Waals surface area contributed by atoms with Crippen molar-refractivity contribution in [3.05, 3.63) is 81.2 Å². The maximum atomic E-state index is 12.1. The predicted molar refractivity (Wildman–Crippen MR) is 83.1 cm³/mol. The molecule has 0 fully saturated rings. The Morgan fingerprint density at radius 3 is 2.73 bits per heavy atom. The lowest BCUT2D eigenvalue weighted by atomic mass is 10.2. The molecule has 0 spiro atoms. The Morgan fingerprint density at radius 1 is 1.09 bits per heavy atom. The molecule has 0 aliphatic carbocycles. The lowest BCUT2D eigenvalue weighted by molar-refractivity contribution is 0.0468. The van der Waals surface area contributed by atoms with E-state index in [0.717, 1.165) is 5.56 Å². The number of hydrogen-bond acceptors (Lipinski definition) is 4. The molecule has 0 saturated carbocycles. The third-order valence-corrected chi connectivity index (χ3v) is 3.36. The standard InChI is InChI=1S/C17H11ClO4/c18-13-6-3-4-11(8-13)10-21-16(19)14-9-12-5-1-2-7-15(12)22-17(14)20/h1-9H,10H2. The van der Waals surface area contributed by atoms with Crippen LogP contribution in [0.25, 0.3) is 11.0 Å². The summed E-state index contributed by atoms with van der Waals surface area (Å²) in [5.41, 5.74) is 0.334. The summed E-state index contributed by atoms with van der Waals surface area (Å²) in [4.78, 5) is 23.9. The number of benzene rings is 2. The lowest BCUT2D eigenvalue weighted by Gasteiger charge is -2.05. The van der Waals surface area contributed by atoms with E-state index in [2.05, 4.69) is 0 Å². The van der Waals surface area contributed by atoms with Crippen molar-refractivity contribution in [2.45, 2.75) is 6.61 Å². The number of carbonyl (C=O) groups is 1. The van der Waals surface area contributed by atoms with Crippen LogP contribution in [0.2, 0.25) is 5.02 Å². The van der Waals surface area contributed by atoms with Crippen LogP contribution in [-0.4, -0.2) is 5.97 Å². The molecule has 1 heterocycles. The van der Waals surface area contributed by atoms with Gasteiger partial charge in [0, 0.05) is 10.4 Å². The van der Waals surface area contributed by atoms with E-state index in [0.29, 0.717) is 16.0 Å². The van der Waals surface area contributed by atoms with Crippen LogP contribution in [0.3, 0.4) is 0 Å². The van der Waals surface area contributed by atoms with Crippen molar-refractivity contribution in [2.24, 2.45) is 0 Å². The Morgan fingerprint density at radius 2 is 1.91 bits per heavy atom. The minimum absolute atomic E-state index is 0.0334. The van der Waals surface area contributed by atoms with Crippen LogP contribution < -0.4 is 5.63 Å². The monoisotopic (exact) mass is 314 g/mol. The van der Waals surface area contributed by atoms with Crippen molar-refractivity contribution in [1.82, 2.24) is 0 Å². The van der Waals surface area contributed by atoms with E-state index in [1.54, 1.807) is 48.5 Å². The molecule has 0 unspecified atom stereocenters. The second kappa shape index (κ2) is 6.03. The van der Waals surface area contributed by atoms with Crippen molar-refractivity contribution in [1.29, 1.82) is 0 Å². The fraction of sp³-hybridized carbons (Fsp3) is 0.0588. The lowest BCUT2D eigenvalue weighted by Crippen LogP contribution is -2.16. The molecule has 110 valence electrons. The van der Waals surface area contributed by atoms with Crippen molar-refractivity contribution >= 4 is 28.5 Å². The molecule has 0 radical (unpaired) electrons. The second-order valence-electron chi connectivity index (χ2n) is 4.69. The van der Waals surface area contributed by atoms with Gasteiger partial charge in [-0.2, -0.15) is 0 Å². The zero-order valence-corrected chi connectivity index (χ0v) is 12.2. The summed E-state index contributed by atoms with van der Waals surface area (Å²) in [6, 6.07) is 15.4. The van der Waals surface area contributed by atoms with E-state index >= 15 is 0 Å². The van der Waals surface area contributed by atoms with Crippen LogP contribution in [0.15, 0.2) is 63.8 Å². The van der Waals surface area contributed by atoms with Crippen LogP contribution in [0.5, 0.6) is 0 Å². The molecule has 0 saturated heterocycles. The number of carbonyl (C=O) groups excluding carboxylic acids is 1. The predicted octanol–water partition coefficient (Wildman–Crippen LogP) is 3.80. The average molecular weight is 315 g/mol. The van der Waals surface area contributed by atoms with E-state index in [9.17, 15) is 9.59 Å².